The molecule has 0 aliphatic carbocycles. The van der Waals surface area contributed by atoms with E-state index in [9.17, 15) is 4.79 Å². The molecule has 6 nitrogen and oxygen atoms in total. The molecule has 1 rings (SSSR count). The standard InChI is InChI=1S/C14H22N2O4/c1-8(2)12(15)14(17)16-9-6-10(18-3)13(20-5)11(7-9)19-4/h6-8,12H,15H2,1-5H3,(H,16,17)/t12-/m0/s1. The number of carbonyl (C=O) groups excluding carboxylic acids is 1. The lowest BCUT2D eigenvalue weighted by Gasteiger charge is -2.17. The van der Waals surface area contributed by atoms with E-state index >= 15 is 0 Å². The zero-order chi connectivity index (χ0) is 15.3. The second-order valence-corrected chi connectivity index (χ2v) is 4.67. The van der Waals surface area contributed by atoms with Crippen molar-refractivity contribution >= 4 is 11.6 Å². The molecule has 1 aromatic rings. The van der Waals surface area contributed by atoms with E-state index in [1.54, 1.807) is 12.1 Å². The van der Waals surface area contributed by atoms with Crippen LogP contribution >= 0.6 is 0 Å². The first-order chi connectivity index (χ1) is 9.44. The van der Waals surface area contributed by atoms with E-state index in [-0.39, 0.29) is 11.8 Å². The van der Waals surface area contributed by atoms with E-state index in [1.807, 2.05) is 13.8 Å². The summed E-state index contributed by atoms with van der Waals surface area (Å²) in [4.78, 5) is 12.0. The Morgan fingerprint density at radius 1 is 1.10 bits per heavy atom. The van der Waals surface area contributed by atoms with Crippen molar-refractivity contribution < 1.29 is 19.0 Å². The van der Waals surface area contributed by atoms with Gasteiger partial charge in [-0.05, 0) is 5.92 Å². The third-order valence-electron chi connectivity index (χ3n) is 2.95. The van der Waals surface area contributed by atoms with E-state index in [2.05, 4.69) is 5.32 Å². The third kappa shape index (κ3) is 3.54. The molecule has 0 aromatic heterocycles. The second-order valence-electron chi connectivity index (χ2n) is 4.67. The predicted octanol–water partition coefficient (Wildman–Crippen LogP) is 1.63. The molecule has 6 heteroatoms. The third-order valence-corrected chi connectivity index (χ3v) is 2.95. The molecule has 0 aliphatic rings. The van der Waals surface area contributed by atoms with Crippen LogP contribution in [0.1, 0.15) is 13.8 Å². The largest absolute Gasteiger partial charge is 0.493 e. The van der Waals surface area contributed by atoms with Gasteiger partial charge in [0, 0.05) is 17.8 Å². The summed E-state index contributed by atoms with van der Waals surface area (Å²) >= 11 is 0. The van der Waals surface area contributed by atoms with Crippen molar-refractivity contribution in [3.8, 4) is 17.2 Å². The number of rotatable bonds is 6. The Bertz CT molecular complexity index is 449. The number of hydrogen-bond donors (Lipinski definition) is 2. The molecule has 112 valence electrons. The predicted molar refractivity (Wildman–Crippen MR) is 77.5 cm³/mol. The first-order valence-corrected chi connectivity index (χ1v) is 6.31. The van der Waals surface area contributed by atoms with Gasteiger partial charge >= 0.3 is 0 Å². The van der Waals surface area contributed by atoms with Gasteiger partial charge in [-0.15, -0.1) is 0 Å². The van der Waals surface area contributed by atoms with Crippen LogP contribution in [-0.2, 0) is 4.79 Å². The topological polar surface area (TPSA) is 82.8 Å². The number of hydrogen-bond acceptors (Lipinski definition) is 5. The van der Waals surface area contributed by atoms with Crippen LogP contribution in [0, 0.1) is 5.92 Å². The monoisotopic (exact) mass is 282 g/mol. The van der Waals surface area contributed by atoms with Crippen LogP contribution in [-0.4, -0.2) is 33.3 Å². The average molecular weight is 282 g/mol. The maximum absolute atomic E-state index is 12.0. The van der Waals surface area contributed by atoms with Crippen LogP contribution in [0.4, 0.5) is 5.69 Å². The Balaban J connectivity index is 3.05. The Kier molecular flexibility index (Phi) is 5.64. The molecule has 0 radical (unpaired) electrons. The van der Waals surface area contributed by atoms with E-state index in [0.29, 0.717) is 22.9 Å². The second kappa shape index (κ2) is 7.00. The Labute approximate surface area is 119 Å². The summed E-state index contributed by atoms with van der Waals surface area (Å²) < 4.78 is 15.7. The fourth-order valence-corrected chi connectivity index (χ4v) is 1.68. The van der Waals surface area contributed by atoms with Gasteiger partial charge in [-0.1, -0.05) is 13.8 Å². The van der Waals surface area contributed by atoms with Gasteiger partial charge in [-0.2, -0.15) is 0 Å². The van der Waals surface area contributed by atoms with Crippen LogP contribution in [0.2, 0.25) is 0 Å². The summed E-state index contributed by atoms with van der Waals surface area (Å²) in [7, 11) is 4.55. The summed E-state index contributed by atoms with van der Waals surface area (Å²) in [5.41, 5.74) is 6.35. The van der Waals surface area contributed by atoms with Crippen molar-refractivity contribution in [1.29, 1.82) is 0 Å². The lowest BCUT2D eigenvalue weighted by atomic mass is 10.0. The van der Waals surface area contributed by atoms with Gasteiger partial charge in [0.25, 0.3) is 0 Å². The number of nitrogens with two attached hydrogens (primary N) is 1. The first-order valence-electron chi connectivity index (χ1n) is 6.31. The zero-order valence-electron chi connectivity index (χ0n) is 12.5. The average Bonchev–Trinajstić information content (AvgIpc) is 2.44. The molecule has 0 unspecified atom stereocenters. The minimum absolute atomic E-state index is 0.0528. The van der Waals surface area contributed by atoms with Crippen molar-refractivity contribution in [1.82, 2.24) is 0 Å². The molecular weight excluding hydrogens is 260 g/mol. The summed E-state index contributed by atoms with van der Waals surface area (Å²) in [6, 6.07) is 2.74. The molecule has 0 heterocycles. The summed E-state index contributed by atoms with van der Waals surface area (Å²) in [6.45, 7) is 3.78. The molecule has 0 bridgehead atoms. The number of methoxy groups -OCH3 is 3. The highest BCUT2D eigenvalue weighted by Gasteiger charge is 2.19. The lowest BCUT2D eigenvalue weighted by Crippen LogP contribution is -2.39. The van der Waals surface area contributed by atoms with E-state index in [4.69, 9.17) is 19.9 Å². The molecule has 20 heavy (non-hydrogen) atoms. The number of nitrogens with one attached hydrogen (secondary N) is 1. The van der Waals surface area contributed by atoms with Gasteiger partial charge in [0.1, 0.15) is 0 Å². The fourth-order valence-electron chi connectivity index (χ4n) is 1.68. The number of carbonyl (C=O) groups is 1. The Morgan fingerprint density at radius 2 is 1.60 bits per heavy atom. The molecule has 1 aromatic carbocycles. The summed E-state index contributed by atoms with van der Waals surface area (Å²) in [5, 5.41) is 2.74. The highest BCUT2D eigenvalue weighted by molar-refractivity contribution is 5.95. The smallest absolute Gasteiger partial charge is 0.241 e. The minimum atomic E-state index is -0.575. The number of anilines is 1. The fraction of sp³-hybridized carbons (Fsp3) is 0.500. The van der Waals surface area contributed by atoms with Crippen LogP contribution in [0.15, 0.2) is 12.1 Å². The highest BCUT2D eigenvalue weighted by atomic mass is 16.5. The zero-order valence-corrected chi connectivity index (χ0v) is 12.5. The first kappa shape index (κ1) is 16.1. The number of amides is 1. The number of benzene rings is 1. The SMILES string of the molecule is COc1cc(NC(=O)[C@@H](N)C(C)C)cc(OC)c1OC. The Morgan fingerprint density at radius 3 is 1.95 bits per heavy atom. The van der Waals surface area contributed by atoms with Crippen molar-refractivity contribution in [2.24, 2.45) is 11.7 Å². The summed E-state index contributed by atoms with van der Waals surface area (Å²) in [6.07, 6.45) is 0. The van der Waals surface area contributed by atoms with Gasteiger partial charge in [-0.3, -0.25) is 4.79 Å². The molecular formula is C14H22N2O4. The maximum Gasteiger partial charge on any atom is 0.241 e. The number of ether oxygens (including phenoxy) is 3. The van der Waals surface area contributed by atoms with E-state index < -0.39 is 6.04 Å². The molecule has 0 spiro atoms. The molecule has 0 aliphatic heterocycles. The van der Waals surface area contributed by atoms with Crippen LogP contribution < -0.4 is 25.3 Å². The molecule has 0 saturated carbocycles. The van der Waals surface area contributed by atoms with Crippen LogP contribution in [0.25, 0.3) is 0 Å². The van der Waals surface area contributed by atoms with Gasteiger partial charge < -0.3 is 25.3 Å². The lowest BCUT2D eigenvalue weighted by molar-refractivity contribution is -0.118. The van der Waals surface area contributed by atoms with Crippen molar-refractivity contribution in [3.05, 3.63) is 12.1 Å². The van der Waals surface area contributed by atoms with Gasteiger partial charge in [0.05, 0.1) is 27.4 Å². The maximum atomic E-state index is 12.0. The van der Waals surface area contributed by atoms with E-state index in [0.717, 1.165) is 0 Å². The molecule has 1 amide bonds. The van der Waals surface area contributed by atoms with E-state index in [1.165, 1.54) is 21.3 Å². The van der Waals surface area contributed by atoms with Gasteiger partial charge in [0.2, 0.25) is 11.7 Å². The van der Waals surface area contributed by atoms with Crippen molar-refractivity contribution in [3.63, 3.8) is 0 Å². The quantitative estimate of drug-likeness (QED) is 0.828. The Hall–Kier alpha value is -1.95. The van der Waals surface area contributed by atoms with Crippen molar-refractivity contribution in [2.45, 2.75) is 19.9 Å². The van der Waals surface area contributed by atoms with Gasteiger partial charge in [-0.25, -0.2) is 0 Å². The highest BCUT2D eigenvalue weighted by Crippen LogP contribution is 2.39. The molecule has 0 saturated heterocycles. The summed E-state index contributed by atoms with van der Waals surface area (Å²) in [5.74, 6) is 1.22. The van der Waals surface area contributed by atoms with Crippen LogP contribution in [0.5, 0.6) is 17.2 Å². The molecule has 0 fully saturated rings. The minimum Gasteiger partial charge on any atom is -0.493 e. The molecule has 3 N–H and O–H groups in total. The van der Waals surface area contributed by atoms with Crippen LogP contribution in [0.3, 0.4) is 0 Å². The van der Waals surface area contributed by atoms with Gasteiger partial charge in [0.15, 0.2) is 11.5 Å². The molecule has 1 atom stereocenters. The normalized spacial score (nSPS) is 11.9. The van der Waals surface area contributed by atoms with Crippen molar-refractivity contribution in [2.75, 3.05) is 26.6 Å².